The first-order chi connectivity index (χ1) is 19.5. The number of carbonyl (C=O) groups excluding carboxylic acids is 2. The minimum absolute atomic E-state index is 0.00577. The summed E-state index contributed by atoms with van der Waals surface area (Å²) in [6.07, 6.45) is 0.614. The molecule has 1 aromatic heterocycles. The molecule has 0 radical (unpaired) electrons. The Morgan fingerprint density at radius 1 is 0.976 bits per heavy atom. The quantitative estimate of drug-likeness (QED) is 0.313. The van der Waals surface area contributed by atoms with Gasteiger partial charge in [0.05, 0.1) is 33.5 Å². The van der Waals surface area contributed by atoms with E-state index in [4.69, 9.17) is 9.88 Å². The van der Waals surface area contributed by atoms with E-state index in [1.165, 1.54) is 53.9 Å². The molecule has 14 heteroatoms. The Morgan fingerprint density at radius 3 is 2.34 bits per heavy atom. The lowest BCUT2D eigenvalue weighted by Gasteiger charge is -2.28. The van der Waals surface area contributed by atoms with Crippen LogP contribution in [0.15, 0.2) is 81.5 Å². The van der Waals surface area contributed by atoms with E-state index >= 15 is 0 Å². The highest BCUT2D eigenvalue weighted by molar-refractivity contribution is 7.89. The van der Waals surface area contributed by atoms with Gasteiger partial charge >= 0.3 is 5.97 Å². The van der Waals surface area contributed by atoms with Crippen molar-refractivity contribution < 1.29 is 31.2 Å². The number of esters is 1. The molecule has 0 saturated carbocycles. The van der Waals surface area contributed by atoms with Crippen molar-refractivity contribution in [1.29, 1.82) is 0 Å². The fourth-order valence-corrected chi connectivity index (χ4v) is 7.71. The third kappa shape index (κ3) is 6.01. The predicted octanol–water partition coefficient (Wildman–Crippen LogP) is 2.40. The number of sulfonamides is 2. The highest BCUT2D eigenvalue weighted by Crippen LogP contribution is 2.26. The summed E-state index contributed by atoms with van der Waals surface area (Å²) in [5.41, 5.74) is 2.82. The number of rotatable bonds is 7. The minimum Gasteiger partial charge on any atom is -0.469 e. The molecule has 0 aliphatic carbocycles. The van der Waals surface area contributed by atoms with Crippen molar-refractivity contribution >= 4 is 53.5 Å². The van der Waals surface area contributed by atoms with Crippen LogP contribution in [0.25, 0.3) is 10.2 Å². The van der Waals surface area contributed by atoms with Crippen molar-refractivity contribution in [2.24, 2.45) is 10.1 Å². The largest absolute Gasteiger partial charge is 0.469 e. The average molecular weight is 615 g/mol. The number of primary sulfonamides is 1. The lowest BCUT2D eigenvalue weighted by molar-refractivity contribution is -0.140. The molecule has 0 saturated heterocycles. The van der Waals surface area contributed by atoms with Crippen molar-refractivity contribution in [2.75, 3.05) is 13.7 Å². The topological polar surface area (TPSA) is 158 Å². The van der Waals surface area contributed by atoms with E-state index < -0.39 is 31.9 Å². The molecule has 1 aliphatic heterocycles. The van der Waals surface area contributed by atoms with Gasteiger partial charge in [-0.2, -0.15) is 9.30 Å². The van der Waals surface area contributed by atoms with Crippen LogP contribution in [-0.4, -0.2) is 51.2 Å². The number of hydrogen-bond acceptors (Lipinski definition) is 8. The number of nitrogens with two attached hydrogens (primary N) is 1. The van der Waals surface area contributed by atoms with Crippen molar-refractivity contribution in [2.45, 2.75) is 35.7 Å². The number of methoxy groups -OCH3 is 1. The molecule has 0 atom stereocenters. The summed E-state index contributed by atoms with van der Waals surface area (Å²) in [5.74, 6) is -1.10. The maximum atomic E-state index is 13.3. The van der Waals surface area contributed by atoms with Gasteiger partial charge in [0.1, 0.15) is 0 Å². The van der Waals surface area contributed by atoms with Crippen LogP contribution >= 0.6 is 11.3 Å². The second kappa shape index (κ2) is 11.3. The first kappa shape index (κ1) is 28.8. The average Bonchev–Trinajstić information content (AvgIpc) is 3.31. The molecule has 5 rings (SSSR count). The molecule has 0 bridgehead atoms. The molecule has 0 fully saturated rings. The minimum atomic E-state index is -3.96. The molecule has 214 valence electrons. The highest BCUT2D eigenvalue weighted by Gasteiger charge is 2.28. The van der Waals surface area contributed by atoms with Crippen LogP contribution in [-0.2, 0) is 49.1 Å². The van der Waals surface area contributed by atoms with E-state index in [0.29, 0.717) is 23.2 Å². The number of ether oxygens (including phenoxy) is 1. The number of aromatic nitrogens is 1. The number of fused-ring (bicyclic) bond motifs is 2. The van der Waals surface area contributed by atoms with Gasteiger partial charge in [-0.15, -0.1) is 0 Å². The van der Waals surface area contributed by atoms with Crippen molar-refractivity contribution in [1.82, 2.24) is 8.87 Å². The Hall–Kier alpha value is -3.69. The predicted molar refractivity (Wildman–Crippen MR) is 152 cm³/mol. The zero-order valence-corrected chi connectivity index (χ0v) is 24.3. The summed E-state index contributed by atoms with van der Waals surface area (Å²) in [6.45, 7) is 0.767. The van der Waals surface area contributed by atoms with E-state index in [0.717, 1.165) is 22.5 Å². The van der Waals surface area contributed by atoms with Gasteiger partial charge in [0.25, 0.3) is 5.91 Å². The smallest absolute Gasteiger partial charge is 0.307 e. The lowest BCUT2D eigenvalue weighted by atomic mass is 10.0. The standard InChI is InChI=1S/C27H26N4O7S3/c1-38-25(32)13-15-31-23-11-10-22(40(28,34)35)16-24(23)39-27(31)29-26(33)19-6-8-21(9-7-19)41(36,37)30-14-12-18-4-2-3-5-20(18)17-30/h2-11,16H,12-15,17H2,1H3,(H2,28,34,35). The van der Waals surface area contributed by atoms with Gasteiger partial charge in [0.15, 0.2) is 4.80 Å². The molecule has 11 nitrogen and oxygen atoms in total. The first-order valence-electron chi connectivity index (χ1n) is 12.5. The molecular weight excluding hydrogens is 589 g/mol. The molecule has 2 N–H and O–H groups in total. The van der Waals surface area contributed by atoms with E-state index in [9.17, 15) is 26.4 Å². The normalized spacial score (nSPS) is 14.6. The highest BCUT2D eigenvalue weighted by atomic mass is 32.2. The van der Waals surface area contributed by atoms with Crippen molar-refractivity contribution in [3.05, 3.63) is 88.2 Å². The summed E-state index contributed by atoms with van der Waals surface area (Å²) >= 11 is 1.06. The molecule has 41 heavy (non-hydrogen) atoms. The van der Waals surface area contributed by atoms with Gasteiger partial charge in [0.2, 0.25) is 20.0 Å². The number of amides is 1. The molecule has 4 aromatic rings. The van der Waals surface area contributed by atoms with Gasteiger partial charge in [-0.25, -0.2) is 22.0 Å². The SMILES string of the molecule is COC(=O)CCn1c(=NC(=O)c2ccc(S(=O)(=O)N3CCc4ccccc4C3)cc2)sc2cc(S(N)(=O)=O)ccc21. The molecule has 1 aliphatic rings. The van der Waals surface area contributed by atoms with Crippen LogP contribution in [0.3, 0.4) is 0 Å². The Balaban J connectivity index is 1.45. The van der Waals surface area contributed by atoms with Crippen LogP contribution in [0.5, 0.6) is 0 Å². The van der Waals surface area contributed by atoms with Crippen molar-refractivity contribution in [3.63, 3.8) is 0 Å². The maximum Gasteiger partial charge on any atom is 0.307 e. The van der Waals surface area contributed by atoms with Crippen LogP contribution in [0.4, 0.5) is 0 Å². The molecule has 0 unspecified atom stereocenters. The molecular formula is C27H26N4O7S3. The summed E-state index contributed by atoms with van der Waals surface area (Å²) in [5, 5.41) is 5.26. The fraction of sp³-hybridized carbons (Fsp3) is 0.222. The van der Waals surface area contributed by atoms with E-state index in [1.807, 2.05) is 24.3 Å². The number of thiazole rings is 1. The number of hydrogen-bond donors (Lipinski definition) is 1. The van der Waals surface area contributed by atoms with Crippen LogP contribution in [0, 0.1) is 0 Å². The van der Waals surface area contributed by atoms with Gasteiger partial charge in [-0.3, -0.25) is 9.59 Å². The lowest BCUT2D eigenvalue weighted by Crippen LogP contribution is -2.35. The third-order valence-electron chi connectivity index (χ3n) is 6.78. The number of carbonyl (C=O) groups is 2. The van der Waals surface area contributed by atoms with Gasteiger partial charge < -0.3 is 9.30 Å². The zero-order valence-electron chi connectivity index (χ0n) is 21.9. The second-order valence-corrected chi connectivity index (χ2v) is 13.8. The van der Waals surface area contributed by atoms with Crippen LogP contribution in [0.2, 0.25) is 0 Å². The Bertz CT molecular complexity index is 1940. The number of aryl methyl sites for hydroxylation is 1. The van der Waals surface area contributed by atoms with Crippen LogP contribution in [0.1, 0.15) is 27.9 Å². The summed E-state index contributed by atoms with van der Waals surface area (Å²) in [6, 6.07) is 17.6. The zero-order chi connectivity index (χ0) is 29.4. The van der Waals surface area contributed by atoms with Gasteiger partial charge in [0, 0.05) is 25.2 Å². The molecule has 1 amide bonds. The van der Waals surface area contributed by atoms with E-state index in [2.05, 4.69) is 4.99 Å². The molecule has 2 heterocycles. The maximum absolute atomic E-state index is 13.3. The number of nitrogens with zero attached hydrogens (tertiary/aromatic N) is 3. The summed E-state index contributed by atoms with van der Waals surface area (Å²) in [7, 11) is -6.47. The Labute approximate surface area is 240 Å². The van der Waals surface area contributed by atoms with Gasteiger partial charge in [-0.1, -0.05) is 35.6 Å². The third-order valence-corrected chi connectivity index (χ3v) is 10.6. The van der Waals surface area contributed by atoms with Crippen LogP contribution < -0.4 is 9.94 Å². The van der Waals surface area contributed by atoms with Crippen molar-refractivity contribution in [3.8, 4) is 0 Å². The van der Waals surface area contributed by atoms with E-state index in [1.54, 1.807) is 4.57 Å². The monoisotopic (exact) mass is 614 g/mol. The Kier molecular flexibility index (Phi) is 7.94. The molecule has 3 aromatic carbocycles. The molecule has 0 spiro atoms. The summed E-state index contributed by atoms with van der Waals surface area (Å²) < 4.78 is 58.5. The van der Waals surface area contributed by atoms with Gasteiger partial charge in [-0.05, 0) is 60.0 Å². The van der Waals surface area contributed by atoms with E-state index in [-0.39, 0.29) is 39.7 Å². The Morgan fingerprint density at radius 2 is 1.66 bits per heavy atom. The summed E-state index contributed by atoms with van der Waals surface area (Å²) in [4.78, 5) is 29.3. The first-order valence-corrected chi connectivity index (χ1v) is 16.3. The fourth-order valence-electron chi connectivity index (χ4n) is 4.58. The number of benzene rings is 3. The second-order valence-electron chi connectivity index (χ2n) is 9.34.